The summed E-state index contributed by atoms with van der Waals surface area (Å²) in [7, 11) is 1.67. The third-order valence-corrected chi connectivity index (χ3v) is 2.67. The van der Waals surface area contributed by atoms with E-state index in [1.54, 1.807) is 13.2 Å². The molecule has 1 heterocycles. The SMILES string of the molecule is COCCn1c(C)cc(C=C(C#N)C#N)c1C. The summed E-state index contributed by atoms with van der Waals surface area (Å²) in [6.07, 6.45) is 1.62. The van der Waals surface area contributed by atoms with E-state index in [0.717, 1.165) is 23.5 Å². The highest BCUT2D eigenvalue weighted by atomic mass is 16.5. The zero-order valence-electron chi connectivity index (χ0n) is 10.3. The molecule has 1 aromatic rings. The summed E-state index contributed by atoms with van der Waals surface area (Å²) >= 11 is 0. The van der Waals surface area contributed by atoms with Crippen molar-refractivity contribution in [2.24, 2.45) is 0 Å². The zero-order valence-corrected chi connectivity index (χ0v) is 10.3. The summed E-state index contributed by atoms with van der Waals surface area (Å²) in [5.41, 5.74) is 3.18. The average Bonchev–Trinajstić information content (AvgIpc) is 2.59. The number of nitrogens with zero attached hydrogens (tertiary/aromatic N) is 3. The van der Waals surface area contributed by atoms with Gasteiger partial charge in [0.25, 0.3) is 0 Å². The van der Waals surface area contributed by atoms with E-state index in [9.17, 15) is 0 Å². The monoisotopic (exact) mass is 229 g/mol. The Morgan fingerprint density at radius 1 is 1.41 bits per heavy atom. The van der Waals surface area contributed by atoms with E-state index in [4.69, 9.17) is 15.3 Å². The molecule has 0 spiro atoms. The first-order chi connectivity index (χ1) is 8.13. The topological polar surface area (TPSA) is 61.7 Å². The number of rotatable bonds is 4. The van der Waals surface area contributed by atoms with Gasteiger partial charge in [0.1, 0.15) is 17.7 Å². The highest BCUT2D eigenvalue weighted by Gasteiger charge is 2.07. The van der Waals surface area contributed by atoms with E-state index in [1.807, 2.05) is 32.1 Å². The lowest BCUT2D eigenvalue weighted by atomic mass is 10.2. The van der Waals surface area contributed by atoms with Gasteiger partial charge in [-0.05, 0) is 31.6 Å². The van der Waals surface area contributed by atoms with Gasteiger partial charge >= 0.3 is 0 Å². The Morgan fingerprint density at radius 2 is 2.06 bits per heavy atom. The molecule has 1 aromatic heterocycles. The molecule has 0 saturated heterocycles. The summed E-state index contributed by atoms with van der Waals surface area (Å²) in [5, 5.41) is 17.5. The highest BCUT2D eigenvalue weighted by Crippen LogP contribution is 2.17. The fourth-order valence-electron chi connectivity index (χ4n) is 1.75. The van der Waals surface area contributed by atoms with Gasteiger partial charge in [-0.2, -0.15) is 10.5 Å². The van der Waals surface area contributed by atoms with Crippen molar-refractivity contribution in [3.8, 4) is 12.1 Å². The van der Waals surface area contributed by atoms with Crippen LogP contribution in [0.4, 0.5) is 0 Å². The number of ether oxygens (including phenoxy) is 1. The maximum Gasteiger partial charge on any atom is 0.130 e. The van der Waals surface area contributed by atoms with Gasteiger partial charge < -0.3 is 9.30 Å². The van der Waals surface area contributed by atoms with Gasteiger partial charge in [-0.15, -0.1) is 0 Å². The number of hydrogen-bond donors (Lipinski definition) is 0. The summed E-state index contributed by atoms with van der Waals surface area (Å²) in [4.78, 5) is 0. The van der Waals surface area contributed by atoms with E-state index < -0.39 is 0 Å². The van der Waals surface area contributed by atoms with Gasteiger partial charge in [0.15, 0.2) is 0 Å². The number of nitriles is 2. The van der Waals surface area contributed by atoms with Gasteiger partial charge in [0.2, 0.25) is 0 Å². The van der Waals surface area contributed by atoms with E-state index in [0.29, 0.717) is 6.61 Å². The molecule has 17 heavy (non-hydrogen) atoms. The maximum atomic E-state index is 8.73. The molecule has 0 unspecified atom stereocenters. The molecule has 88 valence electrons. The number of aryl methyl sites for hydroxylation is 1. The average molecular weight is 229 g/mol. The van der Waals surface area contributed by atoms with E-state index in [1.165, 1.54) is 0 Å². The minimum absolute atomic E-state index is 0.122. The summed E-state index contributed by atoms with van der Waals surface area (Å²) in [5.74, 6) is 0. The molecule has 0 aromatic carbocycles. The summed E-state index contributed by atoms with van der Waals surface area (Å²) in [6.45, 7) is 5.39. The van der Waals surface area contributed by atoms with Crippen LogP contribution >= 0.6 is 0 Å². The minimum Gasteiger partial charge on any atom is -0.383 e. The molecule has 4 nitrogen and oxygen atoms in total. The van der Waals surface area contributed by atoms with Gasteiger partial charge in [-0.1, -0.05) is 0 Å². The second kappa shape index (κ2) is 5.89. The van der Waals surface area contributed by atoms with Gasteiger partial charge in [0, 0.05) is 25.0 Å². The third kappa shape index (κ3) is 2.96. The smallest absolute Gasteiger partial charge is 0.130 e. The van der Waals surface area contributed by atoms with Crippen molar-refractivity contribution in [1.82, 2.24) is 4.57 Å². The van der Waals surface area contributed by atoms with Gasteiger partial charge in [0.05, 0.1) is 6.61 Å². The van der Waals surface area contributed by atoms with Crippen LogP contribution in [0.3, 0.4) is 0 Å². The number of methoxy groups -OCH3 is 1. The Labute approximate surface area is 101 Å². The molecular formula is C13H15N3O. The molecule has 0 saturated carbocycles. The van der Waals surface area contributed by atoms with Crippen LogP contribution < -0.4 is 0 Å². The van der Waals surface area contributed by atoms with E-state index in [2.05, 4.69) is 4.57 Å². The summed E-state index contributed by atoms with van der Waals surface area (Å²) < 4.78 is 7.16. The fraction of sp³-hybridized carbons (Fsp3) is 0.385. The van der Waals surface area contributed by atoms with Crippen molar-refractivity contribution >= 4 is 6.08 Å². The van der Waals surface area contributed by atoms with Crippen molar-refractivity contribution in [1.29, 1.82) is 10.5 Å². The van der Waals surface area contributed by atoms with Crippen LogP contribution in [0.5, 0.6) is 0 Å². The Balaban J connectivity index is 3.10. The molecule has 4 heteroatoms. The largest absolute Gasteiger partial charge is 0.383 e. The normalized spacial score (nSPS) is 9.47. The lowest BCUT2D eigenvalue weighted by Crippen LogP contribution is -2.07. The Kier molecular flexibility index (Phi) is 4.51. The first-order valence-corrected chi connectivity index (χ1v) is 5.31. The minimum atomic E-state index is 0.122. The van der Waals surface area contributed by atoms with Crippen LogP contribution in [0.1, 0.15) is 17.0 Å². The molecular weight excluding hydrogens is 214 g/mol. The molecule has 0 atom stereocenters. The lowest BCUT2D eigenvalue weighted by molar-refractivity contribution is 0.186. The lowest BCUT2D eigenvalue weighted by Gasteiger charge is -2.08. The first kappa shape index (κ1) is 13.0. The Bertz CT molecular complexity index is 496. The molecule has 0 aliphatic rings. The van der Waals surface area contributed by atoms with Crippen LogP contribution in [0.15, 0.2) is 11.6 Å². The number of aromatic nitrogens is 1. The van der Waals surface area contributed by atoms with Crippen molar-refractivity contribution < 1.29 is 4.74 Å². The van der Waals surface area contributed by atoms with Crippen molar-refractivity contribution in [2.45, 2.75) is 20.4 Å². The standard InChI is InChI=1S/C13H15N3O/c1-10-6-13(7-12(8-14)9-15)11(2)16(10)4-5-17-3/h6-7H,4-5H2,1-3H3. The molecule has 0 aliphatic heterocycles. The van der Waals surface area contributed by atoms with Crippen LogP contribution in [0.25, 0.3) is 6.08 Å². The second-order valence-electron chi connectivity index (χ2n) is 3.75. The molecule has 0 radical (unpaired) electrons. The van der Waals surface area contributed by atoms with Crippen molar-refractivity contribution in [3.63, 3.8) is 0 Å². The number of hydrogen-bond acceptors (Lipinski definition) is 3. The van der Waals surface area contributed by atoms with Crippen molar-refractivity contribution in [2.75, 3.05) is 13.7 Å². The van der Waals surface area contributed by atoms with Crippen molar-refractivity contribution in [3.05, 3.63) is 28.6 Å². The van der Waals surface area contributed by atoms with Crippen LogP contribution in [0.2, 0.25) is 0 Å². The molecule has 0 bridgehead atoms. The maximum absolute atomic E-state index is 8.73. The van der Waals surface area contributed by atoms with E-state index >= 15 is 0 Å². The predicted octanol–water partition coefficient (Wildman–Crippen LogP) is 2.18. The third-order valence-electron chi connectivity index (χ3n) is 2.67. The quantitative estimate of drug-likeness (QED) is 0.743. The molecule has 0 N–H and O–H groups in total. The molecule has 0 fully saturated rings. The molecule has 0 amide bonds. The highest BCUT2D eigenvalue weighted by molar-refractivity contribution is 5.64. The van der Waals surface area contributed by atoms with Crippen LogP contribution in [-0.4, -0.2) is 18.3 Å². The Morgan fingerprint density at radius 3 is 2.59 bits per heavy atom. The van der Waals surface area contributed by atoms with Crippen LogP contribution in [-0.2, 0) is 11.3 Å². The Hall–Kier alpha value is -2.04. The van der Waals surface area contributed by atoms with Crippen LogP contribution in [0, 0.1) is 36.5 Å². The van der Waals surface area contributed by atoms with Gasteiger partial charge in [-0.3, -0.25) is 0 Å². The summed E-state index contributed by atoms with van der Waals surface area (Å²) in [6, 6.07) is 5.70. The fourth-order valence-corrected chi connectivity index (χ4v) is 1.75. The zero-order chi connectivity index (χ0) is 12.8. The number of allylic oxidation sites excluding steroid dienone is 1. The molecule has 0 aliphatic carbocycles. The molecule has 1 rings (SSSR count). The van der Waals surface area contributed by atoms with E-state index in [-0.39, 0.29) is 5.57 Å². The first-order valence-electron chi connectivity index (χ1n) is 5.31. The van der Waals surface area contributed by atoms with Gasteiger partial charge in [-0.25, -0.2) is 0 Å². The second-order valence-corrected chi connectivity index (χ2v) is 3.75. The predicted molar refractivity (Wildman–Crippen MR) is 65.0 cm³/mol.